The second-order valence-corrected chi connectivity index (χ2v) is 4.30. The molecule has 3 nitrogen and oxygen atoms in total. The van der Waals surface area contributed by atoms with Crippen LogP contribution in [0.5, 0.6) is 0 Å². The van der Waals surface area contributed by atoms with Crippen LogP contribution in [0.25, 0.3) is 0 Å². The maximum Gasteiger partial charge on any atom is 0.0990 e. The zero-order chi connectivity index (χ0) is 10.2. The largest absolute Gasteiger partial charge is 0.265 e. The minimum absolute atomic E-state index is 0.235. The highest BCUT2D eigenvalue weighted by Crippen LogP contribution is 2.43. The second kappa shape index (κ2) is 3.13. The lowest BCUT2D eigenvalue weighted by molar-refractivity contribution is 0.294. The molecule has 1 aromatic rings. The van der Waals surface area contributed by atoms with Gasteiger partial charge in [-0.1, -0.05) is 0 Å². The van der Waals surface area contributed by atoms with Gasteiger partial charge in [-0.3, -0.25) is 4.68 Å². The van der Waals surface area contributed by atoms with Gasteiger partial charge < -0.3 is 0 Å². The van der Waals surface area contributed by atoms with Crippen molar-refractivity contribution in [2.24, 2.45) is 0 Å². The lowest BCUT2D eigenvalue weighted by atomic mass is 9.67. The van der Waals surface area contributed by atoms with Crippen LogP contribution in [0.15, 0.2) is 12.3 Å². The first-order chi connectivity index (χ1) is 6.69. The average Bonchev–Trinajstić information content (AvgIpc) is 2.52. The van der Waals surface area contributed by atoms with Crippen LogP contribution < -0.4 is 0 Å². The first-order valence-corrected chi connectivity index (χ1v) is 5.15. The van der Waals surface area contributed by atoms with Crippen LogP contribution in [-0.2, 0) is 5.41 Å². The van der Waals surface area contributed by atoms with Crippen molar-refractivity contribution < 1.29 is 0 Å². The van der Waals surface area contributed by atoms with Crippen LogP contribution in [-0.4, -0.2) is 9.78 Å². The van der Waals surface area contributed by atoms with Gasteiger partial charge in [0.05, 0.1) is 17.2 Å². The highest BCUT2D eigenvalue weighted by Gasteiger charge is 2.41. The van der Waals surface area contributed by atoms with E-state index < -0.39 is 0 Å². The van der Waals surface area contributed by atoms with Crippen LogP contribution in [0.1, 0.15) is 44.8 Å². The summed E-state index contributed by atoms with van der Waals surface area (Å²) in [6.45, 7) is 4.19. The van der Waals surface area contributed by atoms with E-state index in [2.05, 4.69) is 25.0 Å². The molecule has 14 heavy (non-hydrogen) atoms. The first kappa shape index (κ1) is 9.26. The van der Waals surface area contributed by atoms with Gasteiger partial charge in [-0.15, -0.1) is 0 Å². The summed E-state index contributed by atoms with van der Waals surface area (Å²) in [5, 5.41) is 13.5. The van der Waals surface area contributed by atoms with Gasteiger partial charge in [0.25, 0.3) is 0 Å². The van der Waals surface area contributed by atoms with Gasteiger partial charge in [-0.25, -0.2) is 0 Å². The summed E-state index contributed by atoms with van der Waals surface area (Å²) in [5.41, 5.74) is 0.863. The Kier molecular flexibility index (Phi) is 2.07. The van der Waals surface area contributed by atoms with E-state index in [1.165, 1.54) is 0 Å². The number of rotatable bonds is 2. The SMILES string of the molecule is CC(C)n1nccc1C1(C#N)CCC1. The molecular weight excluding hydrogens is 174 g/mol. The van der Waals surface area contributed by atoms with Crippen LogP contribution in [0.2, 0.25) is 0 Å². The van der Waals surface area contributed by atoms with E-state index in [4.69, 9.17) is 0 Å². The third-order valence-corrected chi connectivity index (χ3v) is 3.07. The van der Waals surface area contributed by atoms with E-state index >= 15 is 0 Å². The van der Waals surface area contributed by atoms with Crippen molar-refractivity contribution in [2.75, 3.05) is 0 Å². The Morgan fingerprint density at radius 3 is 2.71 bits per heavy atom. The quantitative estimate of drug-likeness (QED) is 0.716. The van der Waals surface area contributed by atoms with E-state index in [0.717, 1.165) is 25.0 Å². The number of nitriles is 1. The predicted octanol–water partition coefficient (Wildman–Crippen LogP) is 2.41. The predicted molar refractivity (Wildman–Crippen MR) is 53.8 cm³/mol. The Hall–Kier alpha value is -1.30. The summed E-state index contributed by atoms with van der Waals surface area (Å²) < 4.78 is 1.97. The summed E-state index contributed by atoms with van der Waals surface area (Å²) in [6, 6.07) is 4.78. The van der Waals surface area contributed by atoms with Gasteiger partial charge in [-0.05, 0) is 39.2 Å². The van der Waals surface area contributed by atoms with E-state index in [9.17, 15) is 5.26 Å². The molecule has 0 N–H and O–H groups in total. The zero-order valence-electron chi connectivity index (χ0n) is 8.70. The van der Waals surface area contributed by atoms with Gasteiger partial charge >= 0.3 is 0 Å². The average molecular weight is 189 g/mol. The van der Waals surface area contributed by atoms with Gasteiger partial charge in [0, 0.05) is 12.2 Å². The number of hydrogen-bond acceptors (Lipinski definition) is 2. The highest BCUT2D eigenvalue weighted by atomic mass is 15.3. The fourth-order valence-electron chi connectivity index (χ4n) is 2.06. The lowest BCUT2D eigenvalue weighted by Crippen LogP contribution is -2.35. The third kappa shape index (κ3) is 1.14. The second-order valence-electron chi connectivity index (χ2n) is 4.30. The molecule has 1 fully saturated rings. The molecule has 74 valence electrons. The topological polar surface area (TPSA) is 41.6 Å². The maximum atomic E-state index is 9.22. The van der Waals surface area contributed by atoms with Crippen molar-refractivity contribution in [3.05, 3.63) is 18.0 Å². The fourth-order valence-corrected chi connectivity index (χ4v) is 2.06. The minimum atomic E-state index is -0.235. The van der Waals surface area contributed by atoms with E-state index in [1.807, 2.05) is 10.7 Å². The molecule has 1 heterocycles. The molecule has 0 atom stereocenters. The van der Waals surface area contributed by atoms with Crippen LogP contribution >= 0.6 is 0 Å². The van der Waals surface area contributed by atoms with Crippen molar-refractivity contribution in [3.63, 3.8) is 0 Å². The molecule has 1 aliphatic carbocycles. The number of aromatic nitrogens is 2. The molecule has 0 unspecified atom stereocenters. The zero-order valence-corrected chi connectivity index (χ0v) is 8.70. The first-order valence-electron chi connectivity index (χ1n) is 5.15. The molecule has 0 aliphatic heterocycles. The highest BCUT2D eigenvalue weighted by molar-refractivity contribution is 5.29. The van der Waals surface area contributed by atoms with Crippen LogP contribution in [0.4, 0.5) is 0 Å². The van der Waals surface area contributed by atoms with Gasteiger partial charge in [-0.2, -0.15) is 10.4 Å². The van der Waals surface area contributed by atoms with Crippen molar-refractivity contribution in [2.45, 2.75) is 44.6 Å². The van der Waals surface area contributed by atoms with Crippen molar-refractivity contribution in [3.8, 4) is 6.07 Å². The standard InChI is InChI=1S/C11H15N3/c1-9(2)14-10(4-7-13-14)11(8-12)5-3-6-11/h4,7,9H,3,5-6H2,1-2H3. The van der Waals surface area contributed by atoms with Crippen molar-refractivity contribution in [1.82, 2.24) is 9.78 Å². The molecule has 0 bridgehead atoms. The van der Waals surface area contributed by atoms with Crippen LogP contribution in [0, 0.1) is 11.3 Å². The molecule has 1 aliphatic rings. The molecule has 2 rings (SSSR count). The minimum Gasteiger partial charge on any atom is -0.265 e. The smallest absolute Gasteiger partial charge is 0.0990 e. The van der Waals surface area contributed by atoms with Crippen molar-refractivity contribution >= 4 is 0 Å². The molecule has 0 saturated heterocycles. The number of nitrogens with zero attached hydrogens (tertiary/aromatic N) is 3. The number of hydrogen-bond donors (Lipinski definition) is 0. The molecule has 0 spiro atoms. The Morgan fingerprint density at radius 2 is 2.29 bits per heavy atom. The van der Waals surface area contributed by atoms with Crippen LogP contribution in [0.3, 0.4) is 0 Å². The molecule has 0 amide bonds. The summed E-state index contributed by atoms with van der Waals surface area (Å²) >= 11 is 0. The molecular formula is C11H15N3. The Balaban J connectivity index is 2.41. The fraction of sp³-hybridized carbons (Fsp3) is 0.636. The third-order valence-electron chi connectivity index (χ3n) is 3.07. The maximum absolute atomic E-state index is 9.22. The molecule has 0 aromatic carbocycles. The Bertz CT molecular complexity index is 366. The lowest BCUT2D eigenvalue weighted by Gasteiger charge is -2.36. The molecule has 0 radical (unpaired) electrons. The summed E-state index contributed by atoms with van der Waals surface area (Å²) in [5.74, 6) is 0. The van der Waals surface area contributed by atoms with Gasteiger partial charge in [0.2, 0.25) is 0 Å². The van der Waals surface area contributed by atoms with Crippen molar-refractivity contribution in [1.29, 1.82) is 5.26 Å². The normalized spacial score (nSPS) is 19.0. The monoisotopic (exact) mass is 189 g/mol. The van der Waals surface area contributed by atoms with E-state index in [1.54, 1.807) is 6.20 Å². The molecule has 1 aromatic heterocycles. The molecule has 3 heteroatoms. The summed E-state index contributed by atoms with van der Waals surface area (Å²) in [7, 11) is 0. The van der Waals surface area contributed by atoms with Gasteiger partial charge in [0.15, 0.2) is 0 Å². The Labute approximate surface area is 84.3 Å². The molecule has 1 saturated carbocycles. The Morgan fingerprint density at radius 1 is 1.57 bits per heavy atom. The van der Waals surface area contributed by atoms with E-state index in [0.29, 0.717) is 6.04 Å². The summed E-state index contributed by atoms with van der Waals surface area (Å²) in [4.78, 5) is 0. The van der Waals surface area contributed by atoms with Gasteiger partial charge in [0.1, 0.15) is 0 Å². The van der Waals surface area contributed by atoms with E-state index in [-0.39, 0.29) is 5.41 Å². The summed E-state index contributed by atoms with van der Waals surface area (Å²) in [6.07, 6.45) is 4.94.